The molecule has 0 unspecified atom stereocenters. The van der Waals surface area contributed by atoms with Crippen molar-refractivity contribution < 1.29 is 0 Å². The number of pyridine rings is 1. The van der Waals surface area contributed by atoms with E-state index in [-0.39, 0.29) is 0 Å². The number of rotatable bonds is 0. The molecule has 0 aliphatic carbocycles. The second-order valence-corrected chi connectivity index (χ2v) is 3.84. The Morgan fingerprint density at radius 1 is 1.38 bits per heavy atom. The van der Waals surface area contributed by atoms with Crippen LogP contribution < -0.4 is 5.73 Å². The predicted molar refractivity (Wildman–Crippen MR) is 58.6 cm³/mol. The van der Waals surface area contributed by atoms with Crippen LogP contribution in [0.5, 0.6) is 0 Å². The Hall–Kier alpha value is -1.09. The fraction of sp³-hybridized carbons (Fsp3) is 0.100. The lowest BCUT2D eigenvalue weighted by Gasteiger charge is -2.05. The quantitative estimate of drug-likeness (QED) is 0.765. The molecule has 1 heterocycles. The molecule has 1 aromatic carbocycles. The van der Waals surface area contributed by atoms with Gasteiger partial charge in [-0.05, 0) is 23.9 Å². The van der Waals surface area contributed by atoms with Crippen LogP contribution in [0.2, 0.25) is 0 Å². The lowest BCUT2D eigenvalue weighted by atomic mass is 10.1. The number of aromatic nitrogens is 1. The van der Waals surface area contributed by atoms with Gasteiger partial charge in [-0.1, -0.05) is 28.1 Å². The summed E-state index contributed by atoms with van der Waals surface area (Å²) in [6.07, 6.45) is 1.80. The highest BCUT2D eigenvalue weighted by molar-refractivity contribution is 9.10. The molecule has 0 atom stereocenters. The van der Waals surface area contributed by atoms with E-state index in [1.54, 1.807) is 6.20 Å². The summed E-state index contributed by atoms with van der Waals surface area (Å²) in [5.41, 5.74) is 6.93. The zero-order valence-electron chi connectivity index (χ0n) is 7.21. The second kappa shape index (κ2) is 3.00. The molecule has 0 saturated heterocycles. The van der Waals surface area contributed by atoms with Gasteiger partial charge in [0.05, 0.1) is 0 Å². The van der Waals surface area contributed by atoms with Gasteiger partial charge < -0.3 is 5.73 Å². The summed E-state index contributed by atoms with van der Waals surface area (Å²) in [6, 6.07) is 6.02. The van der Waals surface area contributed by atoms with Crippen molar-refractivity contribution >= 4 is 32.5 Å². The molecular weight excluding hydrogens is 228 g/mol. The van der Waals surface area contributed by atoms with E-state index in [4.69, 9.17) is 5.73 Å². The Kier molecular flexibility index (Phi) is 1.96. The SMILES string of the molecule is Cc1cnc(N)c2c(Br)cccc12. The number of hydrogen-bond acceptors (Lipinski definition) is 2. The topological polar surface area (TPSA) is 38.9 Å². The Morgan fingerprint density at radius 2 is 2.15 bits per heavy atom. The molecule has 66 valence electrons. The smallest absolute Gasteiger partial charge is 0.132 e. The normalized spacial score (nSPS) is 10.6. The molecule has 0 aliphatic heterocycles. The zero-order chi connectivity index (χ0) is 9.42. The van der Waals surface area contributed by atoms with Crippen molar-refractivity contribution in [2.24, 2.45) is 0 Å². The van der Waals surface area contributed by atoms with Crippen LogP contribution in [-0.2, 0) is 0 Å². The minimum absolute atomic E-state index is 0.577. The van der Waals surface area contributed by atoms with Crippen LogP contribution in [0, 0.1) is 6.92 Å². The van der Waals surface area contributed by atoms with Crippen LogP contribution in [0.3, 0.4) is 0 Å². The largest absolute Gasteiger partial charge is 0.383 e. The van der Waals surface area contributed by atoms with Crippen molar-refractivity contribution in [1.82, 2.24) is 4.98 Å². The number of fused-ring (bicyclic) bond motifs is 1. The molecule has 0 spiro atoms. The average molecular weight is 237 g/mol. The highest BCUT2D eigenvalue weighted by atomic mass is 79.9. The van der Waals surface area contributed by atoms with Crippen molar-refractivity contribution in [3.05, 3.63) is 34.4 Å². The molecule has 2 nitrogen and oxygen atoms in total. The van der Waals surface area contributed by atoms with E-state index in [1.807, 2.05) is 25.1 Å². The van der Waals surface area contributed by atoms with E-state index in [2.05, 4.69) is 20.9 Å². The number of nitrogens with two attached hydrogens (primary N) is 1. The molecule has 0 fully saturated rings. The molecule has 2 N–H and O–H groups in total. The lowest BCUT2D eigenvalue weighted by Crippen LogP contribution is -1.93. The monoisotopic (exact) mass is 236 g/mol. The van der Waals surface area contributed by atoms with E-state index in [1.165, 1.54) is 0 Å². The third kappa shape index (κ3) is 1.29. The van der Waals surface area contributed by atoms with Gasteiger partial charge in [-0.2, -0.15) is 0 Å². The van der Waals surface area contributed by atoms with Crippen LogP contribution in [0.15, 0.2) is 28.9 Å². The zero-order valence-corrected chi connectivity index (χ0v) is 8.80. The van der Waals surface area contributed by atoms with Gasteiger partial charge in [-0.3, -0.25) is 0 Å². The first-order chi connectivity index (χ1) is 6.20. The van der Waals surface area contributed by atoms with E-state index >= 15 is 0 Å². The van der Waals surface area contributed by atoms with Crippen molar-refractivity contribution in [2.75, 3.05) is 5.73 Å². The summed E-state index contributed by atoms with van der Waals surface area (Å²) in [5, 5.41) is 2.16. The third-order valence-corrected chi connectivity index (χ3v) is 2.75. The van der Waals surface area contributed by atoms with Gasteiger partial charge in [0.15, 0.2) is 0 Å². The Bertz CT molecular complexity index is 457. The molecule has 0 radical (unpaired) electrons. The summed E-state index contributed by atoms with van der Waals surface area (Å²) >= 11 is 3.46. The summed E-state index contributed by atoms with van der Waals surface area (Å²) in [7, 11) is 0. The lowest BCUT2D eigenvalue weighted by molar-refractivity contribution is 1.31. The number of aryl methyl sites for hydroxylation is 1. The number of nitrogens with zero attached hydrogens (tertiary/aromatic N) is 1. The maximum Gasteiger partial charge on any atom is 0.132 e. The second-order valence-electron chi connectivity index (χ2n) is 2.99. The van der Waals surface area contributed by atoms with Gasteiger partial charge >= 0.3 is 0 Å². The highest BCUT2D eigenvalue weighted by Crippen LogP contribution is 2.29. The predicted octanol–water partition coefficient (Wildman–Crippen LogP) is 2.89. The molecule has 2 aromatic rings. The van der Waals surface area contributed by atoms with Crippen molar-refractivity contribution in [1.29, 1.82) is 0 Å². The van der Waals surface area contributed by atoms with E-state index in [9.17, 15) is 0 Å². The highest BCUT2D eigenvalue weighted by Gasteiger charge is 2.04. The standard InChI is InChI=1S/C10H9BrN2/c1-6-5-13-10(12)9-7(6)3-2-4-8(9)11/h2-5H,1H3,(H2,12,13). The van der Waals surface area contributed by atoms with Gasteiger partial charge in [0.1, 0.15) is 5.82 Å². The molecule has 1 aromatic heterocycles. The maximum atomic E-state index is 5.78. The number of hydrogen-bond donors (Lipinski definition) is 1. The summed E-state index contributed by atoms with van der Waals surface area (Å²) in [5.74, 6) is 0.577. The average Bonchev–Trinajstić information content (AvgIpc) is 2.12. The number of nitrogen functional groups attached to an aromatic ring is 1. The van der Waals surface area contributed by atoms with Gasteiger partial charge in [0.25, 0.3) is 0 Å². The summed E-state index contributed by atoms with van der Waals surface area (Å²) in [4.78, 5) is 4.12. The van der Waals surface area contributed by atoms with Crippen molar-refractivity contribution in [3.8, 4) is 0 Å². The first kappa shape index (κ1) is 8.51. The van der Waals surface area contributed by atoms with Crippen LogP contribution in [0.25, 0.3) is 10.8 Å². The number of halogens is 1. The molecule has 2 rings (SSSR count). The van der Waals surface area contributed by atoms with Gasteiger partial charge in [0.2, 0.25) is 0 Å². The van der Waals surface area contributed by atoms with Crippen molar-refractivity contribution in [3.63, 3.8) is 0 Å². The maximum absolute atomic E-state index is 5.78. The molecule has 0 amide bonds. The first-order valence-electron chi connectivity index (χ1n) is 3.99. The van der Waals surface area contributed by atoms with E-state index < -0.39 is 0 Å². The minimum Gasteiger partial charge on any atom is -0.383 e. The fourth-order valence-corrected chi connectivity index (χ4v) is 1.98. The molecule has 13 heavy (non-hydrogen) atoms. The number of anilines is 1. The van der Waals surface area contributed by atoms with Gasteiger partial charge in [-0.15, -0.1) is 0 Å². The molecule has 0 bridgehead atoms. The van der Waals surface area contributed by atoms with Crippen LogP contribution >= 0.6 is 15.9 Å². The Balaban J connectivity index is 3.00. The van der Waals surface area contributed by atoms with Crippen LogP contribution in [-0.4, -0.2) is 4.98 Å². The summed E-state index contributed by atoms with van der Waals surface area (Å²) < 4.78 is 0.999. The summed E-state index contributed by atoms with van der Waals surface area (Å²) in [6.45, 7) is 2.03. The van der Waals surface area contributed by atoms with Crippen LogP contribution in [0.1, 0.15) is 5.56 Å². The fourth-order valence-electron chi connectivity index (χ4n) is 1.41. The van der Waals surface area contributed by atoms with Gasteiger partial charge in [-0.25, -0.2) is 4.98 Å². The van der Waals surface area contributed by atoms with Crippen molar-refractivity contribution in [2.45, 2.75) is 6.92 Å². The Labute approximate surface area is 84.9 Å². The Morgan fingerprint density at radius 3 is 2.85 bits per heavy atom. The van der Waals surface area contributed by atoms with Gasteiger partial charge in [0, 0.05) is 16.1 Å². The number of benzene rings is 1. The van der Waals surface area contributed by atoms with Crippen LogP contribution in [0.4, 0.5) is 5.82 Å². The third-order valence-electron chi connectivity index (χ3n) is 2.09. The first-order valence-corrected chi connectivity index (χ1v) is 4.79. The molecular formula is C10H9BrN2. The van der Waals surface area contributed by atoms with E-state index in [0.29, 0.717) is 5.82 Å². The minimum atomic E-state index is 0.577. The van der Waals surface area contributed by atoms with E-state index in [0.717, 1.165) is 20.8 Å². The molecule has 0 saturated carbocycles. The molecule has 3 heteroatoms. The molecule has 0 aliphatic rings.